The SMILES string of the molecule is Cc1nn(CCCC(=O)NCCN(C)C2CCCCC2)c(=O)c2c(-n3cccc3)n(-c3ccccc3)nc12. The fourth-order valence-corrected chi connectivity index (χ4v) is 5.43. The molecule has 1 aromatic carbocycles. The smallest absolute Gasteiger partial charge is 0.280 e. The Labute approximate surface area is 223 Å². The number of nitrogens with zero attached hydrogens (tertiary/aromatic N) is 6. The maximum atomic E-state index is 13.6. The largest absolute Gasteiger partial charge is 0.355 e. The van der Waals surface area contributed by atoms with E-state index in [1.807, 2.05) is 66.3 Å². The highest BCUT2D eigenvalue weighted by Gasteiger charge is 2.22. The number of aryl methyl sites for hydroxylation is 2. The van der Waals surface area contributed by atoms with Crippen LogP contribution in [0.3, 0.4) is 0 Å². The Balaban J connectivity index is 1.28. The molecule has 0 bridgehead atoms. The number of carbonyl (C=O) groups excluding carboxylic acids is 1. The van der Waals surface area contributed by atoms with Gasteiger partial charge in [0.25, 0.3) is 5.56 Å². The van der Waals surface area contributed by atoms with E-state index < -0.39 is 0 Å². The number of hydrogen-bond acceptors (Lipinski definition) is 5. The van der Waals surface area contributed by atoms with Gasteiger partial charge in [-0.25, -0.2) is 9.36 Å². The van der Waals surface area contributed by atoms with Gasteiger partial charge >= 0.3 is 0 Å². The second-order valence-electron chi connectivity index (χ2n) is 10.2. The minimum Gasteiger partial charge on any atom is -0.355 e. The lowest BCUT2D eigenvalue weighted by atomic mass is 9.94. The molecule has 9 nitrogen and oxygen atoms in total. The first-order valence-electron chi connectivity index (χ1n) is 13.7. The Morgan fingerprint density at radius 3 is 2.53 bits per heavy atom. The fourth-order valence-electron chi connectivity index (χ4n) is 5.43. The van der Waals surface area contributed by atoms with Crippen molar-refractivity contribution in [2.24, 2.45) is 0 Å². The molecule has 0 aliphatic heterocycles. The Morgan fingerprint density at radius 2 is 1.79 bits per heavy atom. The van der Waals surface area contributed by atoms with E-state index in [1.54, 1.807) is 4.68 Å². The zero-order valence-electron chi connectivity index (χ0n) is 22.3. The molecule has 0 radical (unpaired) electrons. The predicted molar refractivity (Wildman–Crippen MR) is 149 cm³/mol. The summed E-state index contributed by atoms with van der Waals surface area (Å²) < 4.78 is 5.18. The van der Waals surface area contributed by atoms with Crippen LogP contribution in [0.15, 0.2) is 59.7 Å². The third-order valence-electron chi connectivity index (χ3n) is 7.53. The quantitative estimate of drug-likeness (QED) is 0.347. The number of amides is 1. The van der Waals surface area contributed by atoms with Crippen LogP contribution in [0.25, 0.3) is 22.4 Å². The summed E-state index contributed by atoms with van der Waals surface area (Å²) in [6, 6.07) is 14.3. The summed E-state index contributed by atoms with van der Waals surface area (Å²) in [6.07, 6.45) is 11.2. The van der Waals surface area contributed by atoms with Crippen LogP contribution in [0.5, 0.6) is 0 Å². The maximum Gasteiger partial charge on any atom is 0.280 e. The summed E-state index contributed by atoms with van der Waals surface area (Å²) in [7, 11) is 2.15. The average molecular weight is 516 g/mol. The van der Waals surface area contributed by atoms with E-state index in [-0.39, 0.29) is 11.5 Å². The number of aromatic nitrogens is 5. The maximum absolute atomic E-state index is 13.6. The highest BCUT2D eigenvalue weighted by atomic mass is 16.1. The van der Waals surface area contributed by atoms with E-state index in [4.69, 9.17) is 5.10 Å². The highest BCUT2D eigenvalue weighted by molar-refractivity contribution is 5.87. The Kier molecular flexibility index (Phi) is 8.03. The second kappa shape index (κ2) is 11.8. The van der Waals surface area contributed by atoms with Crippen LogP contribution in [0, 0.1) is 6.92 Å². The van der Waals surface area contributed by atoms with E-state index in [2.05, 4.69) is 22.4 Å². The monoisotopic (exact) mass is 515 g/mol. The third-order valence-corrected chi connectivity index (χ3v) is 7.53. The first-order valence-corrected chi connectivity index (χ1v) is 13.7. The van der Waals surface area contributed by atoms with E-state index in [0.717, 1.165) is 12.2 Å². The van der Waals surface area contributed by atoms with Crippen molar-refractivity contribution in [2.75, 3.05) is 20.1 Å². The molecular formula is C29H37N7O2. The van der Waals surface area contributed by atoms with Crippen LogP contribution in [0.1, 0.15) is 50.6 Å². The van der Waals surface area contributed by atoms with Crippen LogP contribution < -0.4 is 10.9 Å². The number of fused-ring (bicyclic) bond motifs is 1. The predicted octanol–water partition coefficient (Wildman–Crippen LogP) is 3.84. The van der Waals surface area contributed by atoms with Crippen LogP contribution >= 0.6 is 0 Å². The molecule has 5 rings (SSSR count). The van der Waals surface area contributed by atoms with Gasteiger partial charge in [-0.2, -0.15) is 10.2 Å². The van der Waals surface area contributed by atoms with E-state index in [9.17, 15) is 9.59 Å². The summed E-state index contributed by atoms with van der Waals surface area (Å²) >= 11 is 0. The van der Waals surface area contributed by atoms with Gasteiger partial charge in [0, 0.05) is 44.5 Å². The van der Waals surface area contributed by atoms with Gasteiger partial charge in [-0.1, -0.05) is 37.5 Å². The molecule has 0 spiro atoms. The Bertz CT molecular complexity index is 1420. The van der Waals surface area contributed by atoms with Crippen LogP contribution in [-0.2, 0) is 11.3 Å². The minimum atomic E-state index is -0.203. The molecule has 9 heteroatoms. The highest BCUT2D eigenvalue weighted by Crippen LogP contribution is 2.24. The van der Waals surface area contributed by atoms with Crippen molar-refractivity contribution in [3.63, 3.8) is 0 Å². The van der Waals surface area contributed by atoms with Gasteiger partial charge in [0.05, 0.1) is 11.4 Å². The zero-order valence-corrected chi connectivity index (χ0v) is 22.3. The average Bonchev–Trinajstić information content (AvgIpc) is 3.61. The first kappa shape index (κ1) is 25.9. The zero-order chi connectivity index (χ0) is 26.5. The first-order chi connectivity index (χ1) is 18.5. The number of likely N-dealkylation sites (N-methyl/N-ethyl adjacent to an activating group) is 1. The van der Waals surface area contributed by atoms with Crippen LogP contribution in [0.2, 0.25) is 0 Å². The molecule has 1 aliphatic rings. The van der Waals surface area contributed by atoms with Gasteiger partial charge in [0.1, 0.15) is 10.9 Å². The van der Waals surface area contributed by atoms with Crippen LogP contribution in [0.4, 0.5) is 0 Å². The number of rotatable bonds is 10. The van der Waals surface area contributed by atoms with Crippen molar-refractivity contribution in [1.82, 2.24) is 34.3 Å². The van der Waals surface area contributed by atoms with Crippen molar-refractivity contribution in [3.05, 3.63) is 70.9 Å². The van der Waals surface area contributed by atoms with Crippen LogP contribution in [-0.4, -0.2) is 61.1 Å². The second-order valence-corrected chi connectivity index (χ2v) is 10.2. The van der Waals surface area contributed by atoms with Crippen molar-refractivity contribution in [1.29, 1.82) is 0 Å². The standard InChI is InChI=1S/C29H37N7O2/c1-22-27-26(28(34-18-9-10-19-34)36(32-27)24-14-7-4-8-15-24)29(38)35(31-22)20-11-16-25(37)30-17-21-33(2)23-12-5-3-6-13-23/h4,7-10,14-15,18-19,23H,3,5-6,11-13,16-17,20-21H2,1-2H3,(H,30,37). The fraction of sp³-hybridized carbons (Fsp3) is 0.448. The summed E-state index contributed by atoms with van der Waals surface area (Å²) in [5.74, 6) is 0.693. The van der Waals surface area contributed by atoms with Crippen molar-refractivity contribution in [3.8, 4) is 11.5 Å². The van der Waals surface area contributed by atoms with E-state index >= 15 is 0 Å². The molecule has 1 saturated carbocycles. The lowest BCUT2D eigenvalue weighted by Crippen LogP contribution is -2.39. The lowest BCUT2D eigenvalue weighted by molar-refractivity contribution is -0.121. The van der Waals surface area contributed by atoms with E-state index in [1.165, 1.54) is 36.8 Å². The van der Waals surface area contributed by atoms with Crippen molar-refractivity contribution in [2.45, 2.75) is 64.5 Å². The molecule has 1 fully saturated rings. The summed E-state index contributed by atoms with van der Waals surface area (Å²) in [5.41, 5.74) is 1.92. The lowest BCUT2D eigenvalue weighted by Gasteiger charge is -2.31. The molecule has 0 saturated heterocycles. The minimum absolute atomic E-state index is 0.0119. The Morgan fingerprint density at radius 1 is 1.05 bits per heavy atom. The molecular weight excluding hydrogens is 478 g/mol. The third kappa shape index (κ3) is 5.57. The van der Waals surface area contributed by atoms with Crippen molar-refractivity contribution >= 4 is 16.8 Å². The topological polar surface area (TPSA) is 90.0 Å². The number of carbonyl (C=O) groups is 1. The van der Waals surface area contributed by atoms with Gasteiger partial charge in [-0.15, -0.1) is 0 Å². The molecule has 3 aromatic heterocycles. The molecule has 4 aromatic rings. The molecule has 1 amide bonds. The van der Waals surface area contributed by atoms with Gasteiger partial charge in [0.15, 0.2) is 5.82 Å². The molecule has 200 valence electrons. The number of para-hydroxylation sites is 1. The number of benzene rings is 1. The van der Waals surface area contributed by atoms with Gasteiger partial charge in [-0.3, -0.25) is 9.59 Å². The molecule has 3 heterocycles. The summed E-state index contributed by atoms with van der Waals surface area (Å²) in [6.45, 7) is 3.75. The molecule has 0 unspecified atom stereocenters. The molecule has 1 N–H and O–H groups in total. The molecule has 1 aliphatic carbocycles. The van der Waals surface area contributed by atoms with Crippen molar-refractivity contribution < 1.29 is 4.79 Å². The van der Waals surface area contributed by atoms with Gasteiger partial charge in [0.2, 0.25) is 5.91 Å². The van der Waals surface area contributed by atoms with E-state index in [0.29, 0.717) is 54.4 Å². The number of nitrogens with one attached hydrogen (secondary N) is 1. The molecule has 38 heavy (non-hydrogen) atoms. The molecule has 0 atom stereocenters. The summed E-state index contributed by atoms with van der Waals surface area (Å²) in [5, 5.41) is 12.9. The summed E-state index contributed by atoms with van der Waals surface area (Å²) in [4.78, 5) is 28.5. The van der Waals surface area contributed by atoms with Gasteiger partial charge in [-0.05, 0) is 57.5 Å². The Hall–Kier alpha value is -3.72. The number of hydrogen-bond donors (Lipinski definition) is 1. The van der Waals surface area contributed by atoms with Gasteiger partial charge < -0.3 is 14.8 Å². The normalized spacial score (nSPS) is 14.4.